The molecule has 0 amide bonds. The maximum Gasteiger partial charge on any atom is -0.00719 e. The van der Waals surface area contributed by atoms with Crippen LogP contribution in [-0.2, 0) is 0 Å². The molecule has 0 bridgehead atoms. The van der Waals surface area contributed by atoms with Gasteiger partial charge in [-0.1, -0.05) is 13.8 Å². The quantitative estimate of drug-likeness (QED) is 0.578. The van der Waals surface area contributed by atoms with E-state index in [1.807, 2.05) is 0 Å². The van der Waals surface area contributed by atoms with Crippen LogP contribution in [0.2, 0.25) is 0 Å². The van der Waals surface area contributed by atoms with Gasteiger partial charge in [-0.25, -0.2) is 0 Å². The minimum atomic E-state index is 0.724. The zero-order valence-corrected chi connectivity index (χ0v) is 7.25. The van der Waals surface area contributed by atoms with Crippen LogP contribution in [0.5, 0.6) is 0 Å². The van der Waals surface area contributed by atoms with Gasteiger partial charge in [0, 0.05) is 0 Å². The molecule has 1 fully saturated rings. The average molecular weight is 144 g/mol. The second-order valence-corrected chi connectivity index (χ2v) is 4.17. The van der Waals surface area contributed by atoms with E-state index >= 15 is 0 Å². The van der Waals surface area contributed by atoms with Crippen molar-refractivity contribution in [2.24, 2.45) is 11.3 Å². The Morgan fingerprint density at radius 1 is 1.56 bits per heavy atom. The summed E-state index contributed by atoms with van der Waals surface area (Å²) in [5.74, 6) is 1.87. The molecule has 1 saturated carbocycles. The Balaban J connectivity index is 2.17. The summed E-state index contributed by atoms with van der Waals surface area (Å²) in [5.41, 5.74) is 0.724. The molecule has 0 saturated heterocycles. The molecule has 0 aromatic rings. The van der Waals surface area contributed by atoms with Gasteiger partial charge in [-0.3, -0.25) is 0 Å². The van der Waals surface area contributed by atoms with Gasteiger partial charge in [0.2, 0.25) is 0 Å². The molecule has 1 rings (SSSR count). The first-order valence-electron chi connectivity index (χ1n) is 3.77. The fourth-order valence-corrected chi connectivity index (χ4v) is 1.45. The van der Waals surface area contributed by atoms with Crippen molar-refractivity contribution >= 4 is 12.6 Å². The molecule has 0 nitrogen and oxygen atoms in total. The molecule has 0 aromatic heterocycles. The third-order valence-electron chi connectivity index (χ3n) is 2.26. The van der Waals surface area contributed by atoms with E-state index < -0.39 is 0 Å². The van der Waals surface area contributed by atoms with Crippen molar-refractivity contribution in [2.45, 2.75) is 33.1 Å². The second kappa shape index (κ2) is 2.53. The molecule has 1 heteroatoms. The molecular formula is C8H16S. The zero-order chi connectivity index (χ0) is 6.91. The summed E-state index contributed by atoms with van der Waals surface area (Å²) in [5, 5.41) is 0. The molecule has 1 unspecified atom stereocenters. The summed E-state index contributed by atoms with van der Waals surface area (Å²) >= 11 is 4.26. The summed E-state index contributed by atoms with van der Waals surface area (Å²) < 4.78 is 0. The molecule has 0 N–H and O–H groups in total. The molecule has 9 heavy (non-hydrogen) atoms. The smallest absolute Gasteiger partial charge is 0.00719 e. The normalized spacial score (nSPS) is 25.7. The summed E-state index contributed by atoms with van der Waals surface area (Å²) in [7, 11) is 0. The van der Waals surface area contributed by atoms with E-state index in [1.165, 1.54) is 19.3 Å². The molecule has 0 aromatic carbocycles. The fraction of sp³-hybridized carbons (Fsp3) is 1.00. The molecule has 1 aliphatic rings. The van der Waals surface area contributed by atoms with Crippen LogP contribution in [0.3, 0.4) is 0 Å². The molecule has 0 heterocycles. The number of hydrogen-bond donors (Lipinski definition) is 1. The Labute approximate surface area is 63.4 Å². The topological polar surface area (TPSA) is 0 Å². The van der Waals surface area contributed by atoms with Gasteiger partial charge in [-0.2, -0.15) is 12.6 Å². The lowest BCUT2D eigenvalue weighted by molar-refractivity contribution is 0.427. The third kappa shape index (κ3) is 2.21. The highest BCUT2D eigenvalue weighted by Gasteiger charge is 2.37. The van der Waals surface area contributed by atoms with E-state index in [0.717, 1.165) is 17.1 Å². The van der Waals surface area contributed by atoms with Crippen molar-refractivity contribution in [1.82, 2.24) is 0 Å². The SMILES string of the molecule is CC(CS)CC1(C)CC1. The molecule has 54 valence electrons. The minimum absolute atomic E-state index is 0.724. The van der Waals surface area contributed by atoms with Crippen LogP contribution in [0.25, 0.3) is 0 Å². The molecular weight excluding hydrogens is 128 g/mol. The van der Waals surface area contributed by atoms with Gasteiger partial charge in [0.25, 0.3) is 0 Å². The lowest BCUT2D eigenvalue weighted by Crippen LogP contribution is -2.03. The van der Waals surface area contributed by atoms with Crippen LogP contribution >= 0.6 is 12.6 Å². The van der Waals surface area contributed by atoms with E-state index in [-0.39, 0.29) is 0 Å². The zero-order valence-electron chi connectivity index (χ0n) is 6.35. The maximum absolute atomic E-state index is 4.26. The first-order chi connectivity index (χ1) is 4.16. The summed E-state index contributed by atoms with van der Waals surface area (Å²) in [6, 6.07) is 0. The van der Waals surface area contributed by atoms with E-state index in [0.29, 0.717) is 0 Å². The molecule has 1 aliphatic carbocycles. The fourth-order valence-electron chi connectivity index (χ4n) is 1.32. The van der Waals surface area contributed by atoms with Crippen molar-refractivity contribution < 1.29 is 0 Å². The summed E-state index contributed by atoms with van der Waals surface area (Å²) in [6.07, 6.45) is 4.28. The van der Waals surface area contributed by atoms with Crippen molar-refractivity contribution in [3.63, 3.8) is 0 Å². The predicted molar refractivity (Wildman–Crippen MR) is 45.0 cm³/mol. The van der Waals surface area contributed by atoms with E-state index in [4.69, 9.17) is 0 Å². The molecule has 0 radical (unpaired) electrons. The van der Waals surface area contributed by atoms with Gasteiger partial charge >= 0.3 is 0 Å². The lowest BCUT2D eigenvalue weighted by Gasteiger charge is -2.12. The maximum atomic E-state index is 4.26. The van der Waals surface area contributed by atoms with Crippen molar-refractivity contribution in [2.75, 3.05) is 5.75 Å². The first kappa shape index (κ1) is 7.46. The molecule has 0 spiro atoms. The number of hydrogen-bond acceptors (Lipinski definition) is 1. The largest absolute Gasteiger partial charge is 0.179 e. The van der Waals surface area contributed by atoms with Gasteiger partial charge in [0.1, 0.15) is 0 Å². The van der Waals surface area contributed by atoms with E-state index in [9.17, 15) is 0 Å². The second-order valence-electron chi connectivity index (χ2n) is 3.80. The monoisotopic (exact) mass is 144 g/mol. The van der Waals surface area contributed by atoms with E-state index in [1.54, 1.807) is 0 Å². The van der Waals surface area contributed by atoms with Gasteiger partial charge < -0.3 is 0 Å². The number of rotatable bonds is 3. The van der Waals surface area contributed by atoms with Crippen LogP contribution < -0.4 is 0 Å². The number of thiol groups is 1. The molecule has 1 atom stereocenters. The van der Waals surface area contributed by atoms with Gasteiger partial charge in [0.05, 0.1) is 0 Å². The summed E-state index contributed by atoms with van der Waals surface area (Å²) in [4.78, 5) is 0. The van der Waals surface area contributed by atoms with Crippen LogP contribution in [0, 0.1) is 11.3 Å². The van der Waals surface area contributed by atoms with Crippen LogP contribution in [-0.4, -0.2) is 5.75 Å². The standard InChI is InChI=1S/C8H16S/c1-7(6-9)5-8(2)3-4-8/h7,9H,3-6H2,1-2H3. The average Bonchev–Trinajstić information content (AvgIpc) is 2.48. The predicted octanol–water partition coefficient (Wildman–Crippen LogP) is 2.74. The highest BCUT2D eigenvalue weighted by atomic mass is 32.1. The van der Waals surface area contributed by atoms with E-state index in [2.05, 4.69) is 26.5 Å². The third-order valence-corrected chi connectivity index (χ3v) is 2.88. The summed E-state index contributed by atoms with van der Waals surface area (Å²) in [6.45, 7) is 4.67. The van der Waals surface area contributed by atoms with Crippen molar-refractivity contribution in [1.29, 1.82) is 0 Å². The van der Waals surface area contributed by atoms with Gasteiger partial charge in [-0.15, -0.1) is 0 Å². The first-order valence-corrected chi connectivity index (χ1v) is 4.40. The highest BCUT2D eigenvalue weighted by molar-refractivity contribution is 7.80. The Morgan fingerprint density at radius 3 is 2.44 bits per heavy atom. The Bertz CT molecular complexity index is 94.7. The van der Waals surface area contributed by atoms with Crippen LogP contribution in [0.1, 0.15) is 33.1 Å². The van der Waals surface area contributed by atoms with Crippen LogP contribution in [0.4, 0.5) is 0 Å². The van der Waals surface area contributed by atoms with Gasteiger partial charge in [-0.05, 0) is 36.3 Å². The Hall–Kier alpha value is 0.350. The minimum Gasteiger partial charge on any atom is -0.179 e. The van der Waals surface area contributed by atoms with Crippen LogP contribution in [0.15, 0.2) is 0 Å². The molecule has 0 aliphatic heterocycles. The van der Waals surface area contributed by atoms with Crippen molar-refractivity contribution in [3.8, 4) is 0 Å². The Kier molecular flexibility index (Phi) is 2.10. The van der Waals surface area contributed by atoms with Crippen molar-refractivity contribution in [3.05, 3.63) is 0 Å². The lowest BCUT2D eigenvalue weighted by atomic mass is 9.96. The Morgan fingerprint density at radius 2 is 2.11 bits per heavy atom. The highest BCUT2D eigenvalue weighted by Crippen LogP contribution is 2.49. The van der Waals surface area contributed by atoms with Gasteiger partial charge in [0.15, 0.2) is 0 Å².